The van der Waals surface area contributed by atoms with Crippen LogP contribution in [0.5, 0.6) is 0 Å². The van der Waals surface area contributed by atoms with E-state index in [-0.39, 0.29) is 0 Å². The Bertz CT molecular complexity index is 373. The lowest BCUT2D eigenvalue weighted by Gasteiger charge is -2.27. The predicted molar refractivity (Wildman–Crippen MR) is 57.8 cm³/mol. The number of aryl methyl sites for hydroxylation is 1. The summed E-state index contributed by atoms with van der Waals surface area (Å²) in [6, 6.07) is 0. The Labute approximate surface area is 94.5 Å². The lowest BCUT2D eigenvalue weighted by Crippen LogP contribution is -2.41. The maximum absolute atomic E-state index is 11.3. The molecule has 1 heterocycles. The van der Waals surface area contributed by atoms with E-state index in [1.165, 1.54) is 7.11 Å². The quantitative estimate of drug-likeness (QED) is 0.761. The monoisotopic (exact) mass is 224 g/mol. The van der Waals surface area contributed by atoms with E-state index in [4.69, 9.17) is 0 Å². The third-order valence-electron chi connectivity index (χ3n) is 2.55. The van der Waals surface area contributed by atoms with Crippen LogP contribution in [0.4, 0.5) is 0 Å². The van der Waals surface area contributed by atoms with Crippen LogP contribution < -0.4 is 0 Å². The average molecular weight is 224 g/mol. The highest BCUT2D eigenvalue weighted by Gasteiger charge is 2.37. The molecule has 0 bridgehead atoms. The SMILES string of the molecule is COC(=O)C(O)C(C)(C)c1cnc(C)cn1. The van der Waals surface area contributed by atoms with Gasteiger partial charge in [0.2, 0.25) is 0 Å². The molecule has 88 valence electrons. The van der Waals surface area contributed by atoms with Gasteiger partial charge in [0.15, 0.2) is 6.10 Å². The number of esters is 1. The number of hydrogen-bond acceptors (Lipinski definition) is 5. The van der Waals surface area contributed by atoms with E-state index in [9.17, 15) is 9.90 Å². The molecule has 16 heavy (non-hydrogen) atoms. The molecule has 0 saturated heterocycles. The van der Waals surface area contributed by atoms with Crippen LogP contribution >= 0.6 is 0 Å². The fraction of sp³-hybridized carbons (Fsp3) is 0.545. The molecule has 0 radical (unpaired) electrons. The highest BCUT2D eigenvalue weighted by molar-refractivity contribution is 5.76. The minimum Gasteiger partial charge on any atom is -0.467 e. The highest BCUT2D eigenvalue weighted by atomic mass is 16.5. The van der Waals surface area contributed by atoms with Gasteiger partial charge in [-0.15, -0.1) is 0 Å². The first-order valence-corrected chi connectivity index (χ1v) is 4.94. The molecule has 0 aliphatic rings. The molecule has 5 heteroatoms. The van der Waals surface area contributed by atoms with Crippen LogP contribution in [0.3, 0.4) is 0 Å². The van der Waals surface area contributed by atoms with E-state index in [1.54, 1.807) is 26.2 Å². The molecule has 0 aromatic carbocycles. The molecule has 0 aliphatic carbocycles. The summed E-state index contributed by atoms with van der Waals surface area (Å²) < 4.78 is 4.51. The summed E-state index contributed by atoms with van der Waals surface area (Å²) in [5.41, 5.74) is 0.511. The normalized spacial score (nSPS) is 13.3. The second kappa shape index (κ2) is 4.57. The molecule has 5 nitrogen and oxygen atoms in total. The number of nitrogens with zero attached hydrogens (tertiary/aromatic N) is 2. The minimum atomic E-state index is -1.26. The van der Waals surface area contributed by atoms with Crippen molar-refractivity contribution in [3.8, 4) is 0 Å². The smallest absolute Gasteiger partial charge is 0.335 e. The van der Waals surface area contributed by atoms with Crippen molar-refractivity contribution < 1.29 is 14.6 Å². The first kappa shape index (κ1) is 12.6. The Morgan fingerprint density at radius 2 is 2.06 bits per heavy atom. The molecule has 1 aromatic rings. The first-order valence-electron chi connectivity index (χ1n) is 4.94. The zero-order valence-electron chi connectivity index (χ0n) is 9.89. The third-order valence-corrected chi connectivity index (χ3v) is 2.55. The van der Waals surface area contributed by atoms with E-state index in [2.05, 4.69) is 14.7 Å². The van der Waals surface area contributed by atoms with E-state index in [0.29, 0.717) is 5.69 Å². The van der Waals surface area contributed by atoms with Crippen molar-refractivity contribution in [2.45, 2.75) is 32.3 Å². The van der Waals surface area contributed by atoms with Gasteiger partial charge < -0.3 is 9.84 Å². The van der Waals surface area contributed by atoms with E-state index in [1.807, 2.05) is 6.92 Å². The summed E-state index contributed by atoms with van der Waals surface area (Å²) in [6.45, 7) is 5.25. The van der Waals surface area contributed by atoms with Gasteiger partial charge in [-0.25, -0.2) is 4.79 Å². The molecule has 1 rings (SSSR count). The summed E-state index contributed by atoms with van der Waals surface area (Å²) in [6.07, 6.45) is 1.90. The van der Waals surface area contributed by atoms with E-state index >= 15 is 0 Å². The van der Waals surface area contributed by atoms with Crippen molar-refractivity contribution in [2.24, 2.45) is 0 Å². The van der Waals surface area contributed by atoms with Gasteiger partial charge in [-0.1, -0.05) is 13.8 Å². The fourth-order valence-electron chi connectivity index (χ4n) is 1.27. The molecular formula is C11H16N2O3. The van der Waals surface area contributed by atoms with Crippen molar-refractivity contribution in [1.29, 1.82) is 0 Å². The summed E-state index contributed by atoms with van der Waals surface area (Å²) in [7, 11) is 1.24. The van der Waals surface area contributed by atoms with Crippen molar-refractivity contribution in [3.05, 3.63) is 23.8 Å². The van der Waals surface area contributed by atoms with Crippen molar-refractivity contribution >= 4 is 5.97 Å². The Kier molecular flexibility index (Phi) is 3.59. The molecule has 0 fully saturated rings. The van der Waals surface area contributed by atoms with Crippen LogP contribution in [0, 0.1) is 6.92 Å². The maximum Gasteiger partial charge on any atom is 0.335 e. The first-order chi connectivity index (χ1) is 7.39. The van der Waals surface area contributed by atoms with Crippen LogP contribution in [-0.4, -0.2) is 34.3 Å². The zero-order valence-corrected chi connectivity index (χ0v) is 9.89. The zero-order chi connectivity index (χ0) is 12.3. The molecule has 1 aromatic heterocycles. The van der Waals surface area contributed by atoms with Gasteiger partial charge in [-0.2, -0.15) is 0 Å². The van der Waals surface area contributed by atoms with Crippen molar-refractivity contribution in [3.63, 3.8) is 0 Å². The Balaban J connectivity index is 3.01. The number of aliphatic hydroxyl groups excluding tert-OH is 1. The molecule has 1 unspecified atom stereocenters. The summed E-state index contributed by atoms with van der Waals surface area (Å²) in [5, 5.41) is 9.83. The number of carbonyl (C=O) groups excluding carboxylic acids is 1. The van der Waals surface area contributed by atoms with Gasteiger partial charge in [0, 0.05) is 17.8 Å². The fourth-order valence-corrected chi connectivity index (χ4v) is 1.27. The molecule has 0 amide bonds. The van der Waals surface area contributed by atoms with Gasteiger partial charge in [-0.05, 0) is 6.92 Å². The second-order valence-electron chi connectivity index (χ2n) is 4.19. The van der Waals surface area contributed by atoms with Gasteiger partial charge in [-0.3, -0.25) is 9.97 Å². The highest BCUT2D eigenvalue weighted by Crippen LogP contribution is 2.25. The standard InChI is InChI=1S/C11H16N2O3/c1-7-5-13-8(6-12-7)11(2,3)9(14)10(15)16-4/h5-6,9,14H,1-4H3. The molecular weight excluding hydrogens is 208 g/mol. The number of hydrogen-bond donors (Lipinski definition) is 1. The molecule has 0 aliphatic heterocycles. The van der Waals surface area contributed by atoms with Crippen molar-refractivity contribution in [2.75, 3.05) is 7.11 Å². The van der Waals surface area contributed by atoms with Crippen LogP contribution in [0.2, 0.25) is 0 Å². The van der Waals surface area contributed by atoms with Gasteiger partial charge in [0.05, 0.1) is 18.5 Å². The van der Waals surface area contributed by atoms with Gasteiger partial charge >= 0.3 is 5.97 Å². The van der Waals surface area contributed by atoms with Crippen molar-refractivity contribution in [1.82, 2.24) is 9.97 Å². The lowest BCUT2D eigenvalue weighted by atomic mass is 9.83. The second-order valence-corrected chi connectivity index (χ2v) is 4.19. The summed E-state index contributed by atoms with van der Waals surface area (Å²) in [5.74, 6) is -0.674. The van der Waals surface area contributed by atoms with E-state index < -0.39 is 17.5 Å². The number of ether oxygens (including phenoxy) is 1. The minimum absolute atomic E-state index is 0.552. The summed E-state index contributed by atoms with van der Waals surface area (Å²) >= 11 is 0. The number of aromatic nitrogens is 2. The van der Waals surface area contributed by atoms with Gasteiger partial charge in [0.25, 0.3) is 0 Å². The number of rotatable bonds is 3. The van der Waals surface area contributed by atoms with Crippen LogP contribution in [0.25, 0.3) is 0 Å². The van der Waals surface area contributed by atoms with Crippen LogP contribution in [-0.2, 0) is 14.9 Å². The maximum atomic E-state index is 11.3. The van der Waals surface area contributed by atoms with E-state index in [0.717, 1.165) is 5.69 Å². The topological polar surface area (TPSA) is 72.3 Å². The third kappa shape index (κ3) is 2.36. The Morgan fingerprint density at radius 3 is 2.50 bits per heavy atom. The molecule has 1 atom stereocenters. The number of aliphatic hydroxyl groups is 1. The predicted octanol–water partition coefficient (Wildman–Crippen LogP) is 0.597. The van der Waals surface area contributed by atoms with Gasteiger partial charge in [0.1, 0.15) is 0 Å². The average Bonchev–Trinajstić information content (AvgIpc) is 2.27. The molecule has 1 N–H and O–H groups in total. The number of methoxy groups -OCH3 is 1. The molecule has 0 spiro atoms. The summed E-state index contributed by atoms with van der Waals surface area (Å²) in [4.78, 5) is 19.5. The Morgan fingerprint density at radius 1 is 1.44 bits per heavy atom. The Hall–Kier alpha value is -1.49. The molecule has 0 saturated carbocycles. The largest absolute Gasteiger partial charge is 0.467 e. The lowest BCUT2D eigenvalue weighted by molar-refractivity contribution is -0.154. The number of carbonyl (C=O) groups is 1. The van der Waals surface area contributed by atoms with Crippen LogP contribution in [0.1, 0.15) is 25.2 Å². The van der Waals surface area contributed by atoms with Crippen LogP contribution in [0.15, 0.2) is 12.4 Å².